The lowest BCUT2D eigenvalue weighted by atomic mass is 9.84. The normalized spacial score (nSPS) is 22.2. The fourth-order valence-corrected chi connectivity index (χ4v) is 4.31. The maximum absolute atomic E-state index is 13.7. The van der Waals surface area contributed by atoms with Crippen LogP contribution < -0.4 is 15.5 Å². The first-order valence-corrected chi connectivity index (χ1v) is 10.7. The van der Waals surface area contributed by atoms with Gasteiger partial charge in [0.25, 0.3) is 0 Å². The highest BCUT2D eigenvalue weighted by Gasteiger charge is 2.34. The zero-order valence-corrected chi connectivity index (χ0v) is 17.0. The molecule has 2 atom stereocenters. The van der Waals surface area contributed by atoms with Crippen molar-refractivity contribution in [3.63, 3.8) is 0 Å². The third-order valence-corrected chi connectivity index (χ3v) is 6.27. The molecule has 5 heteroatoms. The van der Waals surface area contributed by atoms with Crippen molar-refractivity contribution in [2.24, 2.45) is 0 Å². The van der Waals surface area contributed by atoms with Crippen molar-refractivity contribution >= 4 is 11.6 Å². The fourth-order valence-electron chi connectivity index (χ4n) is 4.31. The van der Waals surface area contributed by atoms with Crippen molar-refractivity contribution in [2.75, 3.05) is 18.0 Å². The number of nitrogens with one attached hydrogen (secondary N) is 2. The summed E-state index contributed by atoms with van der Waals surface area (Å²) in [5, 5.41) is 6.84. The number of benzene rings is 2. The highest BCUT2D eigenvalue weighted by atomic mass is 19.1. The van der Waals surface area contributed by atoms with Gasteiger partial charge in [0, 0.05) is 36.9 Å². The number of hydrogen-bond acceptors (Lipinski definition) is 3. The Morgan fingerprint density at radius 3 is 2.34 bits per heavy atom. The van der Waals surface area contributed by atoms with Gasteiger partial charge < -0.3 is 15.5 Å². The van der Waals surface area contributed by atoms with Crippen molar-refractivity contribution < 1.29 is 9.18 Å². The minimum Gasteiger partial charge on any atom is -0.371 e. The number of aryl methyl sites for hydroxylation is 1. The van der Waals surface area contributed by atoms with E-state index < -0.39 is 0 Å². The Balaban J connectivity index is 1.22. The molecule has 0 spiro atoms. The van der Waals surface area contributed by atoms with E-state index in [9.17, 15) is 9.18 Å². The summed E-state index contributed by atoms with van der Waals surface area (Å²) in [5.41, 5.74) is 3.05. The molecule has 0 bridgehead atoms. The maximum atomic E-state index is 13.7. The smallest absolute Gasteiger partial charge is 0.224 e. The molecule has 154 valence electrons. The molecule has 2 aliphatic rings. The van der Waals surface area contributed by atoms with Gasteiger partial charge in [-0.25, -0.2) is 4.39 Å². The van der Waals surface area contributed by atoms with Crippen molar-refractivity contribution in [1.29, 1.82) is 0 Å². The van der Waals surface area contributed by atoms with Gasteiger partial charge >= 0.3 is 0 Å². The molecule has 29 heavy (non-hydrogen) atoms. The largest absolute Gasteiger partial charge is 0.371 e. The zero-order chi connectivity index (χ0) is 20.2. The lowest BCUT2D eigenvalue weighted by molar-refractivity contribution is -0.122. The van der Waals surface area contributed by atoms with E-state index in [0.717, 1.165) is 38.8 Å². The van der Waals surface area contributed by atoms with E-state index >= 15 is 0 Å². The van der Waals surface area contributed by atoms with Crippen LogP contribution in [0.4, 0.5) is 10.1 Å². The Kier molecular flexibility index (Phi) is 6.14. The van der Waals surface area contributed by atoms with Crippen LogP contribution in [0.1, 0.15) is 36.8 Å². The minimum atomic E-state index is -0.314. The Bertz CT molecular complexity index is 830. The Hall–Kier alpha value is -2.40. The van der Waals surface area contributed by atoms with E-state index in [0.29, 0.717) is 17.6 Å². The van der Waals surface area contributed by atoms with E-state index in [-0.39, 0.29) is 24.2 Å². The molecular formula is C24H30FN3O. The van der Waals surface area contributed by atoms with Crippen LogP contribution in [0.3, 0.4) is 0 Å². The molecule has 4 rings (SSSR count). The zero-order valence-electron chi connectivity index (χ0n) is 17.0. The van der Waals surface area contributed by atoms with Crippen molar-refractivity contribution in [2.45, 2.75) is 57.2 Å². The molecule has 1 saturated carbocycles. The van der Waals surface area contributed by atoms with E-state index in [1.807, 2.05) is 0 Å². The van der Waals surface area contributed by atoms with Gasteiger partial charge in [0.1, 0.15) is 5.82 Å². The molecule has 1 heterocycles. The molecule has 0 radical (unpaired) electrons. The van der Waals surface area contributed by atoms with Gasteiger partial charge in [-0.2, -0.15) is 0 Å². The average molecular weight is 396 g/mol. The number of nitrogens with zero attached hydrogens (tertiary/aromatic N) is 1. The number of carbonyl (C=O) groups is 1. The second-order valence-electron chi connectivity index (χ2n) is 8.39. The summed E-state index contributed by atoms with van der Waals surface area (Å²) in [4.78, 5) is 14.8. The fraction of sp³-hybridized carbons (Fsp3) is 0.458. The number of hydrogen-bond donors (Lipinski definition) is 2. The summed E-state index contributed by atoms with van der Waals surface area (Å²) in [7, 11) is 0. The van der Waals surface area contributed by atoms with Crippen LogP contribution in [0.25, 0.3) is 0 Å². The molecule has 1 saturated heterocycles. The molecule has 1 aliphatic carbocycles. The van der Waals surface area contributed by atoms with Crippen LogP contribution in [-0.4, -0.2) is 37.1 Å². The monoisotopic (exact) mass is 395 g/mol. The van der Waals surface area contributed by atoms with Gasteiger partial charge in [-0.3, -0.25) is 4.79 Å². The Morgan fingerprint density at radius 1 is 1.00 bits per heavy atom. The number of amides is 1. The number of carbonyl (C=O) groups excluding carboxylic acids is 1. The highest BCUT2D eigenvalue weighted by molar-refractivity contribution is 5.79. The first-order valence-electron chi connectivity index (χ1n) is 10.7. The highest BCUT2D eigenvalue weighted by Crippen LogP contribution is 2.25. The molecule has 2 fully saturated rings. The summed E-state index contributed by atoms with van der Waals surface area (Å²) in [6.07, 6.45) is 4.40. The van der Waals surface area contributed by atoms with Gasteiger partial charge in [0.2, 0.25) is 5.91 Å². The summed E-state index contributed by atoms with van der Waals surface area (Å²) < 4.78 is 13.7. The summed E-state index contributed by atoms with van der Waals surface area (Å²) in [6.45, 7) is 4.22. The molecule has 1 amide bonds. The number of piperidine rings is 1. The summed E-state index contributed by atoms with van der Waals surface area (Å²) >= 11 is 0. The van der Waals surface area contributed by atoms with E-state index in [1.54, 1.807) is 18.2 Å². The molecule has 1 aliphatic heterocycles. The number of rotatable bonds is 6. The average Bonchev–Trinajstić information content (AvgIpc) is 2.72. The lowest BCUT2D eigenvalue weighted by Gasteiger charge is -2.42. The predicted octanol–water partition coefficient (Wildman–Crippen LogP) is 3.58. The quantitative estimate of drug-likeness (QED) is 0.786. The van der Waals surface area contributed by atoms with Crippen LogP contribution in [0, 0.1) is 12.7 Å². The van der Waals surface area contributed by atoms with Crippen LogP contribution in [0.5, 0.6) is 0 Å². The maximum Gasteiger partial charge on any atom is 0.224 e. The molecule has 0 aromatic heterocycles. The van der Waals surface area contributed by atoms with E-state index in [2.05, 4.69) is 46.7 Å². The van der Waals surface area contributed by atoms with Crippen LogP contribution in [-0.2, 0) is 11.2 Å². The second-order valence-corrected chi connectivity index (χ2v) is 8.39. The van der Waals surface area contributed by atoms with E-state index in [1.165, 1.54) is 17.3 Å². The summed E-state index contributed by atoms with van der Waals surface area (Å²) in [5.74, 6) is -0.410. The van der Waals surface area contributed by atoms with Gasteiger partial charge in [-0.05, 0) is 56.4 Å². The summed E-state index contributed by atoms with van der Waals surface area (Å²) in [6, 6.07) is 16.2. The Labute approximate surface area is 172 Å². The topological polar surface area (TPSA) is 44.4 Å². The SMILES string of the molecule is Cc1ccc(N2CCC(N[C@@H]3CC[C@@H]3NC(=O)Cc3ccccc3F)CC2)cc1. The third kappa shape index (κ3) is 4.96. The van der Waals surface area contributed by atoms with Crippen LogP contribution in [0.2, 0.25) is 0 Å². The molecule has 4 nitrogen and oxygen atoms in total. The Morgan fingerprint density at radius 2 is 1.69 bits per heavy atom. The van der Waals surface area contributed by atoms with Crippen molar-refractivity contribution in [3.05, 3.63) is 65.5 Å². The van der Waals surface area contributed by atoms with E-state index in [4.69, 9.17) is 0 Å². The van der Waals surface area contributed by atoms with Gasteiger partial charge in [0.15, 0.2) is 0 Å². The van der Waals surface area contributed by atoms with Gasteiger partial charge in [-0.1, -0.05) is 35.9 Å². The second kappa shape index (κ2) is 8.95. The van der Waals surface area contributed by atoms with Crippen molar-refractivity contribution in [1.82, 2.24) is 10.6 Å². The molecule has 2 aromatic carbocycles. The van der Waals surface area contributed by atoms with Crippen LogP contribution in [0.15, 0.2) is 48.5 Å². The standard InChI is InChI=1S/C24H30FN3O/c1-17-6-8-20(9-7-17)28-14-12-19(13-15-28)26-22-10-11-23(22)27-24(29)16-18-4-2-3-5-21(18)25/h2-9,19,22-23,26H,10-16H2,1H3,(H,27,29)/t22-,23+/m1/s1. The number of anilines is 1. The predicted molar refractivity (Wildman–Crippen MR) is 115 cm³/mol. The van der Waals surface area contributed by atoms with Crippen LogP contribution >= 0.6 is 0 Å². The number of halogens is 1. The lowest BCUT2D eigenvalue weighted by Crippen LogP contribution is -2.60. The molecule has 2 aromatic rings. The minimum absolute atomic E-state index is 0.0965. The third-order valence-electron chi connectivity index (χ3n) is 6.27. The molecular weight excluding hydrogens is 365 g/mol. The molecule has 2 N–H and O–H groups in total. The first kappa shape index (κ1) is 19.9. The van der Waals surface area contributed by atoms with Gasteiger partial charge in [-0.15, -0.1) is 0 Å². The van der Waals surface area contributed by atoms with Gasteiger partial charge in [0.05, 0.1) is 6.42 Å². The van der Waals surface area contributed by atoms with Crippen molar-refractivity contribution in [3.8, 4) is 0 Å². The first-order chi connectivity index (χ1) is 14.1. The molecule has 0 unspecified atom stereocenters.